The van der Waals surface area contributed by atoms with Crippen LogP contribution < -0.4 is 5.32 Å². The van der Waals surface area contributed by atoms with Gasteiger partial charge in [0.2, 0.25) is 0 Å². The molecule has 0 amide bonds. The zero-order chi connectivity index (χ0) is 13.0. The fourth-order valence-corrected chi connectivity index (χ4v) is 2.27. The van der Waals surface area contributed by atoms with Gasteiger partial charge in [0.05, 0.1) is 18.2 Å². The fraction of sp³-hybridized carbons (Fsp3) is 0.500. The lowest BCUT2D eigenvalue weighted by Crippen LogP contribution is -2.23. The lowest BCUT2D eigenvalue weighted by molar-refractivity contribution is 0.504. The monoisotopic (exact) mass is 247 g/mol. The van der Waals surface area contributed by atoms with E-state index in [2.05, 4.69) is 35.0 Å². The maximum Gasteiger partial charge on any atom is 0.0950 e. The van der Waals surface area contributed by atoms with Crippen molar-refractivity contribution in [1.82, 2.24) is 15.1 Å². The van der Waals surface area contributed by atoms with Crippen LogP contribution in [0, 0.1) is 6.92 Å². The zero-order valence-corrected chi connectivity index (χ0v) is 11.3. The highest BCUT2D eigenvalue weighted by atomic mass is 16.3. The van der Waals surface area contributed by atoms with Gasteiger partial charge in [-0.05, 0) is 32.5 Å². The van der Waals surface area contributed by atoms with Crippen molar-refractivity contribution in [3.63, 3.8) is 0 Å². The Bertz CT molecular complexity index is 473. The fourth-order valence-electron chi connectivity index (χ4n) is 2.27. The van der Waals surface area contributed by atoms with Gasteiger partial charge in [-0.15, -0.1) is 0 Å². The van der Waals surface area contributed by atoms with Crippen LogP contribution in [-0.4, -0.2) is 16.3 Å². The van der Waals surface area contributed by atoms with Crippen LogP contribution in [0.1, 0.15) is 36.8 Å². The molecule has 1 atom stereocenters. The van der Waals surface area contributed by atoms with Crippen LogP contribution in [-0.2, 0) is 13.0 Å². The van der Waals surface area contributed by atoms with Crippen molar-refractivity contribution in [3.05, 3.63) is 41.6 Å². The number of aromatic nitrogens is 2. The lowest BCUT2D eigenvalue weighted by atomic mass is 10.0. The molecule has 1 N–H and O–H groups in total. The van der Waals surface area contributed by atoms with E-state index >= 15 is 0 Å². The van der Waals surface area contributed by atoms with Crippen LogP contribution in [0.4, 0.5) is 0 Å². The third-order valence-electron chi connectivity index (χ3n) is 3.09. The van der Waals surface area contributed by atoms with Gasteiger partial charge in [-0.1, -0.05) is 6.92 Å². The standard InChI is InChI=1S/C14H21N3O/c1-4-15-14(12-6-7-18-10-12)9-13-8-11(3)16-17(13)5-2/h6-8,10,14-15H,4-5,9H2,1-3H3. The quantitative estimate of drug-likeness (QED) is 0.853. The molecule has 0 saturated carbocycles. The maximum absolute atomic E-state index is 5.18. The van der Waals surface area contributed by atoms with E-state index in [1.807, 2.05) is 19.3 Å². The Labute approximate surface area is 108 Å². The van der Waals surface area contributed by atoms with Crippen LogP contribution in [0.3, 0.4) is 0 Å². The Balaban J connectivity index is 2.18. The van der Waals surface area contributed by atoms with E-state index in [0.29, 0.717) is 0 Å². The van der Waals surface area contributed by atoms with Gasteiger partial charge in [0.1, 0.15) is 0 Å². The molecule has 4 heteroatoms. The van der Waals surface area contributed by atoms with E-state index in [4.69, 9.17) is 4.42 Å². The molecule has 0 bridgehead atoms. The van der Waals surface area contributed by atoms with Gasteiger partial charge in [0, 0.05) is 30.3 Å². The highest BCUT2D eigenvalue weighted by molar-refractivity contribution is 5.17. The average molecular weight is 247 g/mol. The summed E-state index contributed by atoms with van der Waals surface area (Å²) in [6, 6.07) is 4.47. The summed E-state index contributed by atoms with van der Waals surface area (Å²) in [5.41, 5.74) is 3.54. The third-order valence-corrected chi connectivity index (χ3v) is 3.09. The van der Waals surface area contributed by atoms with Gasteiger partial charge in [-0.3, -0.25) is 4.68 Å². The van der Waals surface area contributed by atoms with Crippen molar-refractivity contribution >= 4 is 0 Å². The molecule has 4 nitrogen and oxygen atoms in total. The molecule has 0 spiro atoms. The Morgan fingerprint density at radius 1 is 1.44 bits per heavy atom. The summed E-state index contributed by atoms with van der Waals surface area (Å²) in [5, 5.41) is 7.98. The highest BCUT2D eigenvalue weighted by Gasteiger charge is 2.15. The molecular weight excluding hydrogens is 226 g/mol. The number of rotatable bonds is 6. The number of nitrogens with one attached hydrogen (secondary N) is 1. The Morgan fingerprint density at radius 2 is 2.28 bits per heavy atom. The Morgan fingerprint density at radius 3 is 2.89 bits per heavy atom. The van der Waals surface area contributed by atoms with Crippen LogP contribution in [0.5, 0.6) is 0 Å². The van der Waals surface area contributed by atoms with E-state index in [-0.39, 0.29) is 6.04 Å². The van der Waals surface area contributed by atoms with Crippen molar-refractivity contribution in [2.75, 3.05) is 6.54 Å². The second-order valence-electron chi connectivity index (χ2n) is 4.46. The topological polar surface area (TPSA) is 43.0 Å². The number of hydrogen-bond donors (Lipinski definition) is 1. The normalized spacial score (nSPS) is 12.8. The molecule has 2 rings (SSSR count). The van der Waals surface area contributed by atoms with E-state index in [0.717, 1.165) is 25.2 Å². The van der Waals surface area contributed by atoms with Crippen molar-refractivity contribution < 1.29 is 4.42 Å². The molecule has 2 aromatic rings. The molecule has 98 valence electrons. The van der Waals surface area contributed by atoms with E-state index in [1.54, 1.807) is 6.26 Å². The summed E-state index contributed by atoms with van der Waals surface area (Å²) in [6.07, 6.45) is 4.47. The molecule has 18 heavy (non-hydrogen) atoms. The van der Waals surface area contributed by atoms with Gasteiger partial charge in [0.15, 0.2) is 0 Å². The molecule has 0 radical (unpaired) electrons. The molecule has 0 aromatic carbocycles. The summed E-state index contributed by atoms with van der Waals surface area (Å²) < 4.78 is 7.25. The van der Waals surface area contributed by atoms with Gasteiger partial charge in [0.25, 0.3) is 0 Å². The van der Waals surface area contributed by atoms with Gasteiger partial charge >= 0.3 is 0 Å². The van der Waals surface area contributed by atoms with Gasteiger partial charge in [-0.25, -0.2) is 0 Å². The first-order valence-corrected chi connectivity index (χ1v) is 6.53. The third kappa shape index (κ3) is 2.82. The van der Waals surface area contributed by atoms with Crippen LogP contribution in [0.15, 0.2) is 29.1 Å². The lowest BCUT2D eigenvalue weighted by Gasteiger charge is -2.16. The number of hydrogen-bond acceptors (Lipinski definition) is 3. The van der Waals surface area contributed by atoms with Crippen LogP contribution >= 0.6 is 0 Å². The summed E-state index contributed by atoms with van der Waals surface area (Å²) in [5.74, 6) is 0. The summed E-state index contributed by atoms with van der Waals surface area (Å²) in [6.45, 7) is 8.13. The smallest absolute Gasteiger partial charge is 0.0950 e. The van der Waals surface area contributed by atoms with Crippen molar-refractivity contribution in [1.29, 1.82) is 0 Å². The zero-order valence-electron chi connectivity index (χ0n) is 11.3. The van der Waals surface area contributed by atoms with E-state index in [1.165, 1.54) is 11.3 Å². The minimum absolute atomic E-state index is 0.287. The molecule has 0 aliphatic rings. The molecule has 0 fully saturated rings. The molecule has 1 unspecified atom stereocenters. The maximum atomic E-state index is 5.18. The molecule has 0 aliphatic carbocycles. The largest absolute Gasteiger partial charge is 0.472 e. The van der Waals surface area contributed by atoms with Crippen molar-refractivity contribution in [2.24, 2.45) is 0 Å². The molecule has 0 aliphatic heterocycles. The van der Waals surface area contributed by atoms with Crippen molar-refractivity contribution in [2.45, 2.75) is 39.8 Å². The summed E-state index contributed by atoms with van der Waals surface area (Å²) >= 11 is 0. The minimum Gasteiger partial charge on any atom is -0.472 e. The van der Waals surface area contributed by atoms with Gasteiger partial charge in [-0.2, -0.15) is 5.10 Å². The van der Waals surface area contributed by atoms with Gasteiger partial charge < -0.3 is 9.73 Å². The Kier molecular flexibility index (Phi) is 4.20. The minimum atomic E-state index is 0.287. The first kappa shape index (κ1) is 12.9. The number of nitrogens with zero attached hydrogens (tertiary/aromatic N) is 2. The van der Waals surface area contributed by atoms with Crippen LogP contribution in [0.25, 0.3) is 0 Å². The van der Waals surface area contributed by atoms with E-state index < -0.39 is 0 Å². The average Bonchev–Trinajstić information content (AvgIpc) is 2.97. The highest BCUT2D eigenvalue weighted by Crippen LogP contribution is 2.19. The summed E-state index contributed by atoms with van der Waals surface area (Å²) in [7, 11) is 0. The predicted molar refractivity (Wildman–Crippen MR) is 71.5 cm³/mol. The van der Waals surface area contributed by atoms with Crippen molar-refractivity contribution in [3.8, 4) is 0 Å². The Hall–Kier alpha value is -1.55. The molecule has 2 aromatic heterocycles. The van der Waals surface area contributed by atoms with E-state index in [9.17, 15) is 0 Å². The summed E-state index contributed by atoms with van der Waals surface area (Å²) in [4.78, 5) is 0. The SMILES string of the molecule is CCNC(Cc1cc(C)nn1CC)c1ccoc1. The molecule has 2 heterocycles. The second-order valence-corrected chi connectivity index (χ2v) is 4.46. The first-order chi connectivity index (χ1) is 8.74. The number of likely N-dealkylation sites (N-methyl/N-ethyl adjacent to an activating group) is 1. The number of furan rings is 1. The van der Waals surface area contributed by atoms with Crippen LogP contribution in [0.2, 0.25) is 0 Å². The predicted octanol–water partition coefficient (Wildman–Crippen LogP) is 2.70. The first-order valence-electron chi connectivity index (χ1n) is 6.53. The molecule has 0 saturated heterocycles. The second kappa shape index (κ2) is 5.87. The molecular formula is C14H21N3O. The number of aryl methyl sites for hydroxylation is 2.